The van der Waals surface area contributed by atoms with Crippen LogP contribution in [0.2, 0.25) is 0 Å². The smallest absolute Gasteiger partial charge is 0.209 e. The first-order valence-electron chi connectivity index (χ1n) is 6.50. The third-order valence-electron chi connectivity index (χ3n) is 3.59. The third-order valence-corrected chi connectivity index (χ3v) is 3.59. The van der Waals surface area contributed by atoms with Crippen molar-refractivity contribution in [3.05, 3.63) is 53.8 Å². The molecule has 102 valence electrons. The van der Waals surface area contributed by atoms with E-state index in [2.05, 4.69) is 15.1 Å². The molecule has 0 N–H and O–H groups in total. The van der Waals surface area contributed by atoms with Crippen LogP contribution in [0.3, 0.4) is 0 Å². The zero-order valence-electron chi connectivity index (χ0n) is 11.3. The summed E-state index contributed by atoms with van der Waals surface area (Å²) in [4.78, 5) is 20.0. The minimum absolute atomic E-state index is 0.306. The van der Waals surface area contributed by atoms with Crippen LogP contribution in [0.5, 0.6) is 0 Å². The van der Waals surface area contributed by atoms with Crippen molar-refractivity contribution in [2.45, 2.75) is 0 Å². The number of pyridine rings is 1. The first-order chi connectivity index (χ1) is 10.3. The summed E-state index contributed by atoms with van der Waals surface area (Å²) < 4.78 is 3.63. The number of aromatic nitrogens is 4. The van der Waals surface area contributed by atoms with Crippen molar-refractivity contribution in [2.24, 2.45) is 12.2 Å². The molecule has 0 aliphatic carbocycles. The van der Waals surface area contributed by atoms with Crippen LogP contribution in [0.25, 0.3) is 27.9 Å². The van der Waals surface area contributed by atoms with Crippen molar-refractivity contribution in [2.75, 3.05) is 0 Å². The summed E-state index contributed by atoms with van der Waals surface area (Å²) in [6.07, 6.45) is 3.54. The fourth-order valence-corrected chi connectivity index (χ4v) is 2.55. The molecule has 6 heteroatoms. The highest BCUT2D eigenvalue weighted by molar-refractivity contribution is 5.84. The van der Waals surface area contributed by atoms with E-state index in [0.29, 0.717) is 17.2 Å². The van der Waals surface area contributed by atoms with Crippen LogP contribution in [-0.4, -0.2) is 18.9 Å². The minimum atomic E-state index is 0.306. The Labute approximate surface area is 119 Å². The summed E-state index contributed by atoms with van der Waals surface area (Å²) in [5.74, 6) is 0.306. The zero-order chi connectivity index (χ0) is 14.4. The van der Waals surface area contributed by atoms with Gasteiger partial charge < -0.3 is 4.57 Å². The molecule has 0 spiro atoms. The van der Waals surface area contributed by atoms with Crippen molar-refractivity contribution in [1.82, 2.24) is 18.9 Å². The lowest BCUT2D eigenvalue weighted by atomic mass is 10.1. The first-order valence-corrected chi connectivity index (χ1v) is 6.50. The van der Waals surface area contributed by atoms with E-state index in [1.807, 2.05) is 48.0 Å². The van der Waals surface area contributed by atoms with Gasteiger partial charge in [0, 0.05) is 18.8 Å². The lowest BCUT2D eigenvalue weighted by Crippen LogP contribution is -1.84. The van der Waals surface area contributed by atoms with Crippen LogP contribution in [0.1, 0.15) is 0 Å². The SMILES string of the molecule is Cn1cnc2cc(-c3nc4ccccn4c3N=O)ccc21. The molecule has 0 unspecified atom stereocenters. The standard InChI is InChI=1S/C15H11N5O/c1-19-9-16-11-8-10(5-6-12(11)19)14-15(18-21)20-7-3-2-4-13(20)17-14/h2-9H,1H3. The molecular weight excluding hydrogens is 266 g/mol. The van der Waals surface area contributed by atoms with Crippen molar-refractivity contribution in [3.63, 3.8) is 0 Å². The number of hydrogen-bond acceptors (Lipinski definition) is 4. The third kappa shape index (κ3) is 1.66. The summed E-state index contributed by atoms with van der Waals surface area (Å²) in [6, 6.07) is 11.4. The molecule has 0 aliphatic heterocycles. The fourth-order valence-electron chi connectivity index (χ4n) is 2.55. The lowest BCUT2D eigenvalue weighted by molar-refractivity contribution is 0.948. The van der Waals surface area contributed by atoms with E-state index >= 15 is 0 Å². The summed E-state index contributed by atoms with van der Waals surface area (Å²) in [5, 5.41) is 3.15. The number of imidazole rings is 2. The minimum Gasteiger partial charge on any atom is -0.334 e. The fraction of sp³-hybridized carbons (Fsp3) is 0.0667. The Morgan fingerprint density at radius 1 is 1.19 bits per heavy atom. The second kappa shape index (κ2) is 4.24. The van der Waals surface area contributed by atoms with Gasteiger partial charge in [0.15, 0.2) is 0 Å². The lowest BCUT2D eigenvalue weighted by Gasteiger charge is -1.99. The van der Waals surface area contributed by atoms with Crippen molar-refractivity contribution in [1.29, 1.82) is 0 Å². The average molecular weight is 277 g/mol. The molecule has 21 heavy (non-hydrogen) atoms. The average Bonchev–Trinajstić information content (AvgIpc) is 3.07. The van der Waals surface area contributed by atoms with Gasteiger partial charge in [-0.05, 0) is 29.4 Å². The van der Waals surface area contributed by atoms with Gasteiger partial charge in [-0.3, -0.25) is 4.40 Å². The van der Waals surface area contributed by atoms with E-state index in [1.54, 1.807) is 16.9 Å². The van der Waals surface area contributed by atoms with Crippen molar-refractivity contribution < 1.29 is 0 Å². The van der Waals surface area contributed by atoms with Crippen LogP contribution in [0.4, 0.5) is 5.82 Å². The molecule has 3 heterocycles. The summed E-state index contributed by atoms with van der Waals surface area (Å²) >= 11 is 0. The van der Waals surface area contributed by atoms with Gasteiger partial charge in [0.1, 0.15) is 11.3 Å². The molecule has 4 aromatic rings. The van der Waals surface area contributed by atoms with Gasteiger partial charge in [-0.2, -0.15) is 0 Å². The topological polar surface area (TPSA) is 64.6 Å². The summed E-state index contributed by atoms with van der Waals surface area (Å²) in [5.41, 5.74) is 4.00. The Morgan fingerprint density at radius 2 is 2.10 bits per heavy atom. The zero-order valence-corrected chi connectivity index (χ0v) is 11.3. The van der Waals surface area contributed by atoms with Crippen LogP contribution in [0, 0.1) is 4.91 Å². The predicted molar refractivity (Wildman–Crippen MR) is 80.4 cm³/mol. The van der Waals surface area contributed by atoms with Gasteiger partial charge in [-0.1, -0.05) is 12.1 Å². The van der Waals surface area contributed by atoms with Gasteiger partial charge in [0.2, 0.25) is 5.82 Å². The Kier molecular flexibility index (Phi) is 2.38. The number of fused-ring (bicyclic) bond motifs is 2. The normalized spacial score (nSPS) is 11.3. The van der Waals surface area contributed by atoms with E-state index < -0.39 is 0 Å². The van der Waals surface area contributed by atoms with E-state index in [4.69, 9.17) is 0 Å². The number of hydrogen-bond donors (Lipinski definition) is 0. The van der Waals surface area contributed by atoms with Crippen LogP contribution < -0.4 is 0 Å². The Morgan fingerprint density at radius 3 is 2.95 bits per heavy atom. The maximum absolute atomic E-state index is 11.2. The highest BCUT2D eigenvalue weighted by Gasteiger charge is 2.15. The Balaban J connectivity index is 2.01. The Bertz CT molecular complexity index is 982. The maximum atomic E-state index is 11.2. The number of aryl methyl sites for hydroxylation is 1. The molecule has 1 aromatic carbocycles. The Hall–Kier alpha value is -3.02. The van der Waals surface area contributed by atoms with Gasteiger partial charge in [-0.25, -0.2) is 9.97 Å². The number of nitroso groups, excluding NO2 is 1. The molecule has 0 fully saturated rings. The number of nitrogens with zero attached hydrogens (tertiary/aromatic N) is 5. The van der Waals surface area contributed by atoms with Crippen molar-refractivity contribution >= 4 is 22.5 Å². The van der Waals surface area contributed by atoms with Crippen LogP contribution in [0.15, 0.2) is 54.1 Å². The summed E-state index contributed by atoms with van der Waals surface area (Å²) in [6.45, 7) is 0. The summed E-state index contributed by atoms with van der Waals surface area (Å²) in [7, 11) is 1.94. The van der Waals surface area contributed by atoms with E-state index in [1.165, 1.54) is 0 Å². The predicted octanol–water partition coefficient (Wildman–Crippen LogP) is 3.29. The van der Waals surface area contributed by atoms with Crippen molar-refractivity contribution in [3.8, 4) is 11.3 Å². The van der Waals surface area contributed by atoms with E-state index in [0.717, 1.165) is 16.6 Å². The molecule has 6 nitrogen and oxygen atoms in total. The molecule has 0 saturated heterocycles. The molecule has 0 aliphatic rings. The molecule has 0 amide bonds. The number of benzene rings is 1. The maximum Gasteiger partial charge on any atom is 0.209 e. The molecular formula is C15H11N5O. The van der Waals surface area contributed by atoms with Gasteiger partial charge >= 0.3 is 0 Å². The molecule has 0 atom stereocenters. The largest absolute Gasteiger partial charge is 0.334 e. The highest BCUT2D eigenvalue weighted by atomic mass is 16.3. The highest BCUT2D eigenvalue weighted by Crippen LogP contribution is 2.32. The van der Waals surface area contributed by atoms with Gasteiger partial charge in [0.05, 0.1) is 17.4 Å². The molecule has 0 bridgehead atoms. The van der Waals surface area contributed by atoms with E-state index in [9.17, 15) is 4.91 Å². The van der Waals surface area contributed by atoms with Crippen LogP contribution >= 0.6 is 0 Å². The molecule has 4 rings (SSSR count). The van der Waals surface area contributed by atoms with Gasteiger partial charge in [0.25, 0.3) is 0 Å². The monoisotopic (exact) mass is 277 g/mol. The van der Waals surface area contributed by atoms with Gasteiger partial charge in [-0.15, -0.1) is 4.91 Å². The quantitative estimate of drug-likeness (QED) is 0.528. The second-order valence-electron chi connectivity index (χ2n) is 4.86. The first kappa shape index (κ1) is 11.8. The molecule has 0 radical (unpaired) electrons. The van der Waals surface area contributed by atoms with Crippen LogP contribution in [-0.2, 0) is 7.05 Å². The second-order valence-corrected chi connectivity index (χ2v) is 4.86. The molecule has 0 saturated carbocycles. The molecule has 3 aromatic heterocycles. The number of rotatable bonds is 2. The van der Waals surface area contributed by atoms with E-state index in [-0.39, 0.29) is 0 Å².